The van der Waals surface area contributed by atoms with Crippen molar-refractivity contribution >= 4 is 11.0 Å². The van der Waals surface area contributed by atoms with Gasteiger partial charge >= 0.3 is 0 Å². The number of fused-ring (bicyclic) bond motifs is 1. The number of aromatic amines is 2. The number of aliphatic hydroxyl groups excluding tert-OH is 3. The van der Waals surface area contributed by atoms with Gasteiger partial charge in [-0.2, -0.15) is 0 Å². The molecule has 6 N–H and O–H groups in total. The van der Waals surface area contributed by atoms with E-state index in [9.17, 15) is 15.0 Å². The Morgan fingerprint density at radius 3 is 2.84 bits per heavy atom. The summed E-state index contributed by atoms with van der Waals surface area (Å²) < 4.78 is 0. The van der Waals surface area contributed by atoms with E-state index in [0.717, 1.165) is 5.56 Å². The molecule has 2 aromatic rings. The van der Waals surface area contributed by atoms with Crippen molar-refractivity contribution in [1.29, 1.82) is 0 Å². The van der Waals surface area contributed by atoms with Crippen molar-refractivity contribution in [3.63, 3.8) is 0 Å². The zero-order valence-corrected chi connectivity index (χ0v) is 10.1. The number of hydrogen-bond donors (Lipinski definition) is 6. The van der Waals surface area contributed by atoms with Gasteiger partial charge in [-0.05, 0) is 0 Å². The lowest BCUT2D eigenvalue weighted by atomic mass is 10.2. The number of aromatic nitrogens is 3. The number of hydrogen-bond acceptors (Lipinski definition) is 6. The first-order chi connectivity index (χ1) is 9.13. The van der Waals surface area contributed by atoms with Crippen LogP contribution in [0.3, 0.4) is 0 Å². The predicted molar refractivity (Wildman–Crippen MR) is 67.5 cm³/mol. The van der Waals surface area contributed by atoms with Gasteiger partial charge in [-0.3, -0.25) is 4.79 Å². The number of rotatable bonds is 6. The van der Waals surface area contributed by atoms with Gasteiger partial charge in [0.05, 0.1) is 24.6 Å². The summed E-state index contributed by atoms with van der Waals surface area (Å²) in [5, 5.41) is 30.2. The highest BCUT2D eigenvalue weighted by Gasteiger charge is 2.15. The average Bonchev–Trinajstić information content (AvgIpc) is 2.82. The van der Waals surface area contributed by atoms with Gasteiger partial charge in [0.25, 0.3) is 5.56 Å². The molecule has 0 aliphatic carbocycles. The van der Waals surface area contributed by atoms with Crippen molar-refractivity contribution < 1.29 is 15.3 Å². The second kappa shape index (κ2) is 5.93. The Kier molecular flexibility index (Phi) is 4.27. The molecule has 0 aromatic carbocycles. The van der Waals surface area contributed by atoms with Crippen molar-refractivity contribution in [2.75, 3.05) is 13.2 Å². The minimum Gasteiger partial charge on any atom is -0.394 e. The molecule has 2 atom stereocenters. The molecule has 0 spiro atoms. The Bertz CT molecular complexity index is 594. The average molecular weight is 268 g/mol. The summed E-state index contributed by atoms with van der Waals surface area (Å²) >= 11 is 0. The molecule has 2 heterocycles. The molecule has 0 radical (unpaired) electrons. The molecular weight excluding hydrogens is 252 g/mol. The quantitative estimate of drug-likeness (QED) is 0.361. The zero-order valence-electron chi connectivity index (χ0n) is 10.1. The fraction of sp³-hybridized carbons (Fsp3) is 0.455. The first-order valence-corrected chi connectivity index (χ1v) is 5.85. The number of aliphatic hydroxyl groups is 3. The molecule has 2 aromatic heterocycles. The maximum Gasteiger partial charge on any atom is 0.275 e. The van der Waals surface area contributed by atoms with E-state index in [1.165, 1.54) is 6.33 Å². The maximum absolute atomic E-state index is 11.5. The van der Waals surface area contributed by atoms with Crippen molar-refractivity contribution in [3.05, 3.63) is 28.4 Å². The van der Waals surface area contributed by atoms with Crippen LogP contribution in [0.5, 0.6) is 0 Å². The topological polar surface area (TPSA) is 134 Å². The molecule has 8 nitrogen and oxygen atoms in total. The maximum atomic E-state index is 11.5. The van der Waals surface area contributed by atoms with E-state index in [2.05, 4.69) is 20.3 Å². The van der Waals surface area contributed by atoms with Gasteiger partial charge in [0, 0.05) is 24.8 Å². The van der Waals surface area contributed by atoms with E-state index < -0.39 is 18.8 Å². The third-order valence-corrected chi connectivity index (χ3v) is 2.85. The summed E-state index contributed by atoms with van der Waals surface area (Å²) in [5.41, 5.74) is 1.50. The Morgan fingerprint density at radius 1 is 1.32 bits per heavy atom. The first kappa shape index (κ1) is 13.7. The lowest BCUT2D eigenvalue weighted by Gasteiger charge is -2.15. The van der Waals surface area contributed by atoms with Crippen LogP contribution in [0.1, 0.15) is 5.56 Å². The van der Waals surface area contributed by atoms with E-state index in [-0.39, 0.29) is 12.1 Å². The van der Waals surface area contributed by atoms with Crippen LogP contribution < -0.4 is 10.9 Å². The standard InChI is InChI=1S/C11H16N4O4/c16-4-8(18)7(17)3-12-1-6-2-13-10-9(6)14-5-15-11(10)19/h2,5,7-8,12-13,16-18H,1,3-4H2,(H,14,15,19)/t7-,8-/m0/s1. The van der Waals surface area contributed by atoms with Gasteiger partial charge < -0.3 is 30.6 Å². The van der Waals surface area contributed by atoms with Crippen LogP contribution in [-0.2, 0) is 6.54 Å². The van der Waals surface area contributed by atoms with E-state index in [1.807, 2.05) is 0 Å². The number of nitrogens with one attached hydrogen (secondary N) is 3. The van der Waals surface area contributed by atoms with Crippen LogP contribution in [0.2, 0.25) is 0 Å². The van der Waals surface area contributed by atoms with Crippen LogP contribution in [-0.4, -0.2) is 55.6 Å². The van der Waals surface area contributed by atoms with Crippen LogP contribution in [0.25, 0.3) is 11.0 Å². The molecule has 0 amide bonds. The van der Waals surface area contributed by atoms with Crippen molar-refractivity contribution in [1.82, 2.24) is 20.3 Å². The monoisotopic (exact) mass is 268 g/mol. The lowest BCUT2D eigenvalue weighted by molar-refractivity contribution is -0.0129. The van der Waals surface area contributed by atoms with Crippen LogP contribution >= 0.6 is 0 Å². The van der Waals surface area contributed by atoms with Gasteiger partial charge in [-0.1, -0.05) is 0 Å². The van der Waals surface area contributed by atoms with Crippen LogP contribution in [0.15, 0.2) is 17.3 Å². The Balaban J connectivity index is 1.99. The summed E-state index contributed by atoms with van der Waals surface area (Å²) in [4.78, 5) is 20.8. The van der Waals surface area contributed by atoms with E-state index in [0.29, 0.717) is 17.6 Å². The largest absolute Gasteiger partial charge is 0.394 e. The minimum atomic E-state index is -1.17. The first-order valence-electron chi connectivity index (χ1n) is 5.85. The van der Waals surface area contributed by atoms with Crippen LogP contribution in [0.4, 0.5) is 0 Å². The van der Waals surface area contributed by atoms with Gasteiger partial charge in [-0.25, -0.2) is 4.98 Å². The fourth-order valence-electron chi connectivity index (χ4n) is 1.75. The molecule has 0 aliphatic heterocycles. The highest BCUT2D eigenvalue weighted by Crippen LogP contribution is 2.10. The van der Waals surface area contributed by atoms with E-state index in [1.54, 1.807) is 6.20 Å². The normalized spacial score (nSPS) is 14.7. The number of nitrogens with zero attached hydrogens (tertiary/aromatic N) is 1. The summed E-state index contributed by atoms with van der Waals surface area (Å²) in [5.74, 6) is 0. The molecule has 0 unspecified atom stereocenters. The van der Waals surface area contributed by atoms with Crippen LogP contribution in [0, 0.1) is 0 Å². The lowest BCUT2D eigenvalue weighted by Crippen LogP contribution is -2.38. The molecule has 0 saturated carbocycles. The molecule has 8 heteroatoms. The molecule has 104 valence electrons. The molecule has 0 bridgehead atoms. The van der Waals surface area contributed by atoms with Gasteiger partial charge in [0.15, 0.2) is 0 Å². The van der Waals surface area contributed by atoms with Crippen molar-refractivity contribution in [2.24, 2.45) is 0 Å². The highest BCUT2D eigenvalue weighted by molar-refractivity contribution is 5.77. The molecule has 0 aliphatic rings. The van der Waals surface area contributed by atoms with E-state index >= 15 is 0 Å². The summed E-state index contributed by atoms with van der Waals surface area (Å²) in [7, 11) is 0. The molecule has 0 saturated heterocycles. The Hall–Kier alpha value is -1.74. The van der Waals surface area contributed by atoms with Gasteiger partial charge in [0.2, 0.25) is 0 Å². The highest BCUT2D eigenvalue weighted by atomic mass is 16.4. The summed E-state index contributed by atoms with van der Waals surface area (Å²) in [6, 6.07) is 0. The van der Waals surface area contributed by atoms with Gasteiger partial charge in [0.1, 0.15) is 11.6 Å². The third kappa shape index (κ3) is 2.99. The SMILES string of the molecule is O=c1[nH]cnc2c(CNC[C@H](O)[C@@H](O)CO)c[nH]c12. The van der Waals surface area contributed by atoms with Crippen molar-refractivity contribution in [3.8, 4) is 0 Å². The molecule has 2 rings (SSSR count). The smallest absolute Gasteiger partial charge is 0.275 e. The van der Waals surface area contributed by atoms with Crippen molar-refractivity contribution in [2.45, 2.75) is 18.8 Å². The summed E-state index contributed by atoms with van der Waals surface area (Å²) in [6.45, 7) is 0.0100. The fourth-order valence-corrected chi connectivity index (χ4v) is 1.75. The van der Waals surface area contributed by atoms with E-state index in [4.69, 9.17) is 5.11 Å². The number of H-pyrrole nitrogens is 2. The Morgan fingerprint density at radius 2 is 2.11 bits per heavy atom. The molecule has 19 heavy (non-hydrogen) atoms. The Labute approximate surface area is 108 Å². The minimum absolute atomic E-state index is 0.123. The predicted octanol–water partition coefficient (Wildman–Crippen LogP) is -1.95. The second-order valence-corrected chi connectivity index (χ2v) is 4.22. The second-order valence-electron chi connectivity index (χ2n) is 4.22. The van der Waals surface area contributed by atoms with Gasteiger partial charge in [-0.15, -0.1) is 0 Å². The summed E-state index contributed by atoms with van der Waals surface area (Å²) in [6.07, 6.45) is 0.768. The third-order valence-electron chi connectivity index (χ3n) is 2.85. The zero-order chi connectivity index (χ0) is 13.8. The molecule has 0 fully saturated rings. The molecular formula is C11H16N4O4.